The number of benzene rings is 1. The normalized spacial score (nSPS) is 13.5. The van der Waals surface area contributed by atoms with Crippen LogP contribution in [-0.2, 0) is 11.2 Å². The number of carbonyl (C=O) groups is 2. The first-order chi connectivity index (χ1) is 9.88. The highest BCUT2D eigenvalue weighted by atomic mass is 16.4. The Balaban J connectivity index is 2.46. The number of rotatable bonds is 7. The van der Waals surface area contributed by atoms with E-state index < -0.39 is 18.0 Å². The lowest BCUT2D eigenvalue weighted by atomic mass is 10.0. The van der Waals surface area contributed by atoms with E-state index in [2.05, 4.69) is 10.6 Å². The van der Waals surface area contributed by atoms with Crippen LogP contribution in [0.25, 0.3) is 0 Å². The molecule has 1 unspecified atom stereocenters. The first kappa shape index (κ1) is 17.0. The Hall–Kier alpha value is -2.04. The van der Waals surface area contributed by atoms with Gasteiger partial charge in [-0.1, -0.05) is 44.2 Å². The molecule has 1 rings (SSSR count). The molecule has 2 amide bonds. The third kappa shape index (κ3) is 6.79. The molecule has 21 heavy (non-hydrogen) atoms. The number of urea groups is 1. The fourth-order valence-corrected chi connectivity index (χ4v) is 2.14. The quantitative estimate of drug-likeness (QED) is 0.722. The van der Waals surface area contributed by atoms with Crippen molar-refractivity contribution in [1.82, 2.24) is 10.6 Å². The highest BCUT2D eigenvalue weighted by Gasteiger charge is 2.21. The largest absolute Gasteiger partial charge is 0.480 e. The number of hydrogen-bond donors (Lipinski definition) is 3. The monoisotopic (exact) mass is 292 g/mol. The number of aliphatic carboxylic acids is 1. The van der Waals surface area contributed by atoms with Crippen LogP contribution in [-0.4, -0.2) is 29.2 Å². The summed E-state index contributed by atoms with van der Waals surface area (Å²) in [7, 11) is 0. The van der Waals surface area contributed by atoms with E-state index in [0.717, 1.165) is 5.56 Å². The Morgan fingerprint density at radius 1 is 1.10 bits per heavy atom. The molecule has 2 atom stereocenters. The minimum absolute atomic E-state index is 0.0686. The van der Waals surface area contributed by atoms with Crippen molar-refractivity contribution in [3.8, 4) is 0 Å². The van der Waals surface area contributed by atoms with Crippen molar-refractivity contribution in [2.24, 2.45) is 5.92 Å². The lowest BCUT2D eigenvalue weighted by Crippen LogP contribution is -2.49. The molecule has 1 aromatic rings. The third-order valence-corrected chi connectivity index (χ3v) is 3.07. The fourth-order valence-electron chi connectivity index (χ4n) is 2.14. The van der Waals surface area contributed by atoms with E-state index in [0.29, 0.717) is 12.8 Å². The van der Waals surface area contributed by atoms with Crippen LogP contribution >= 0.6 is 0 Å². The number of carbonyl (C=O) groups excluding carboxylic acids is 1. The lowest BCUT2D eigenvalue weighted by molar-refractivity contribution is -0.139. The zero-order valence-corrected chi connectivity index (χ0v) is 12.8. The van der Waals surface area contributed by atoms with Crippen molar-refractivity contribution in [2.45, 2.75) is 45.7 Å². The minimum Gasteiger partial charge on any atom is -0.480 e. The van der Waals surface area contributed by atoms with Gasteiger partial charge in [0, 0.05) is 6.04 Å². The summed E-state index contributed by atoms with van der Waals surface area (Å²) in [6.45, 7) is 5.74. The summed E-state index contributed by atoms with van der Waals surface area (Å²) in [4.78, 5) is 23.0. The molecule has 0 radical (unpaired) electrons. The van der Waals surface area contributed by atoms with Gasteiger partial charge in [0.2, 0.25) is 0 Å². The van der Waals surface area contributed by atoms with E-state index in [9.17, 15) is 9.59 Å². The third-order valence-electron chi connectivity index (χ3n) is 3.07. The number of carboxylic acids is 1. The molecule has 0 saturated carbocycles. The van der Waals surface area contributed by atoms with Crippen molar-refractivity contribution in [3.63, 3.8) is 0 Å². The summed E-state index contributed by atoms with van der Waals surface area (Å²) in [6, 6.07) is 8.47. The summed E-state index contributed by atoms with van der Waals surface area (Å²) in [5.41, 5.74) is 1.13. The molecule has 0 bridgehead atoms. The molecule has 1 aromatic carbocycles. The van der Waals surface area contributed by atoms with E-state index in [1.807, 2.05) is 51.1 Å². The van der Waals surface area contributed by atoms with Crippen LogP contribution in [0.2, 0.25) is 0 Å². The summed E-state index contributed by atoms with van der Waals surface area (Å²) < 4.78 is 0. The maximum Gasteiger partial charge on any atom is 0.326 e. The van der Waals surface area contributed by atoms with Crippen LogP contribution in [0.3, 0.4) is 0 Å². The van der Waals surface area contributed by atoms with Gasteiger partial charge in [0.05, 0.1) is 0 Å². The Kier molecular flexibility index (Phi) is 6.72. The van der Waals surface area contributed by atoms with E-state index in [-0.39, 0.29) is 12.0 Å². The van der Waals surface area contributed by atoms with Crippen molar-refractivity contribution < 1.29 is 14.7 Å². The molecule has 0 aliphatic carbocycles. The molecule has 0 spiro atoms. The molecule has 0 aliphatic heterocycles. The summed E-state index contributed by atoms with van der Waals surface area (Å²) >= 11 is 0. The number of hydrogen-bond acceptors (Lipinski definition) is 2. The molecular weight excluding hydrogens is 268 g/mol. The number of carboxylic acid groups (broad SMARTS) is 1. The van der Waals surface area contributed by atoms with Gasteiger partial charge in [-0.15, -0.1) is 0 Å². The second kappa shape index (κ2) is 8.29. The molecule has 116 valence electrons. The van der Waals surface area contributed by atoms with Gasteiger partial charge in [-0.2, -0.15) is 0 Å². The minimum atomic E-state index is -1.01. The molecule has 3 N–H and O–H groups in total. The van der Waals surface area contributed by atoms with Crippen LogP contribution in [0.5, 0.6) is 0 Å². The maximum atomic E-state index is 11.9. The number of nitrogens with one attached hydrogen (secondary N) is 2. The molecule has 0 aromatic heterocycles. The van der Waals surface area contributed by atoms with Crippen LogP contribution in [0.4, 0.5) is 4.79 Å². The second-order valence-electron chi connectivity index (χ2n) is 5.73. The van der Waals surface area contributed by atoms with Crippen LogP contribution in [0.1, 0.15) is 32.8 Å². The summed E-state index contributed by atoms with van der Waals surface area (Å²) in [5, 5.41) is 14.4. The average Bonchev–Trinajstić information content (AvgIpc) is 2.38. The highest BCUT2D eigenvalue weighted by Crippen LogP contribution is 2.05. The highest BCUT2D eigenvalue weighted by molar-refractivity contribution is 5.82. The molecule has 5 nitrogen and oxygen atoms in total. The zero-order chi connectivity index (χ0) is 15.8. The Morgan fingerprint density at radius 2 is 1.71 bits per heavy atom. The summed E-state index contributed by atoms with van der Waals surface area (Å²) in [6.07, 6.45) is 1.12. The molecule has 5 heteroatoms. The first-order valence-electron chi connectivity index (χ1n) is 7.22. The van der Waals surface area contributed by atoms with Crippen LogP contribution in [0.15, 0.2) is 30.3 Å². The standard InChI is InChI=1S/C16H24N2O3/c1-11(2)9-14(15(19)20)18-16(21)17-12(3)10-13-7-5-4-6-8-13/h4-8,11-12,14H,9-10H2,1-3H3,(H,19,20)(H2,17,18,21)/t12?,14-/m1/s1. The predicted molar refractivity (Wildman–Crippen MR) is 82.2 cm³/mol. The van der Waals surface area contributed by atoms with E-state index >= 15 is 0 Å². The second-order valence-corrected chi connectivity index (χ2v) is 5.73. The van der Waals surface area contributed by atoms with Gasteiger partial charge in [-0.05, 0) is 31.2 Å². The maximum absolute atomic E-state index is 11.9. The van der Waals surface area contributed by atoms with E-state index in [1.165, 1.54) is 0 Å². The van der Waals surface area contributed by atoms with Crippen LogP contribution < -0.4 is 10.6 Å². The van der Waals surface area contributed by atoms with Gasteiger partial charge in [0.1, 0.15) is 6.04 Å². The molecule has 0 fully saturated rings. The van der Waals surface area contributed by atoms with Gasteiger partial charge in [-0.25, -0.2) is 9.59 Å². The fraction of sp³-hybridized carbons (Fsp3) is 0.500. The predicted octanol–water partition coefficient (Wildman–Crippen LogP) is 2.42. The van der Waals surface area contributed by atoms with Crippen molar-refractivity contribution in [3.05, 3.63) is 35.9 Å². The van der Waals surface area contributed by atoms with Gasteiger partial charge in [-0.3, -0.25) is 0 Å². The van der Waals surface area contributed by atoms with Crippen LogP contribution in [0, 0.1) is 5.92 Å². The topological polar surface area (TPSA) is 78.4 Å². The molecule has 0 heterocycles. The molecular formula is C16H24N2O3. The lowest BCUT2D eigenvalue weighted by Gasteiger charge is -2.19. The Bertz CT molecular complexity index is 460. The van der Waals surface area contributed by atoms with Gasteiger partial charge in [0.15, 0.2) is 0 Å². The van der Waals surface area contributed by atoms with Gasteiger partial charge in [0.25, 0.3) is 0 Å². The molecule has 0 aliphatic rings. The first-order valence-corrected chi connectivity index (χ1v) is 7.22. The van der Waals surface area contributed by atoms with Gasteiger partial charge < -0.3 is 15.7 Å². The van der Waals surface area contributed by atoms with Crippen molar-refractivity contribution in [2.75, 3.05) is 0 Å². The smallest absolute Gasteiger partial charge is 0.326 e. The zero-order valence-electron chi connectivity index (χ0n) is 12.8. The van der Waals surface area contributed by atoms with E-state index in [4.69, 9.17) is 5.11 Å². The van der Waals surface area contributed by atoms with E-state index in [1.54, 1.807) is 0 Å². The Morgan fingerprint density at radius 3 is 2.24 bits per heavy atom. The average molecular weight is 292 g/mol. The molecule has 0 saturated heterocycles. The Labute approximate surface area is 125 Å². The van der Waals surface area contributed by atoms with Gasteiger partial charge >= 0.3 is 12.0 Å². The van der Waals surface area contributed by atoms with Crippen molar-refractivity contribution >= 4 is 12.0 Å². The van der Waals surface area contributed by atoms with Crippen molar-refractivity contribution in [1.29, 1.82) is 0 Å². The number of amides is 2. The SMILES string of the molecule is CC(C)C[C@@H](NC(=O)NC(C)Cc1ccccc1)C(=O)O. The summed E-state index contributed by atoms with van der Waals surface area (Å²) in [5.74, 6) is -0.803.